The van der Waals surface area contributed by atoms with Crippen molar-refractivity contribution in [2.45, 2.75) is 70.4 Å². The Bertz CT molecular complexity index is 513. The van der Waals surface area contributed by atoms with Gasteiger partial charge in [-0.15, -0.1) is 6.58 Å². The first-order valence-corrected chi connectivity index (χ1v) is 13.7. The summed E-state index contributed by atoms with van der Waals surface area (Å²) in [6.07, 6.45) is 4.03. The van der Waals surface area contributed by atoms with Gasteiger partial charge < -0.3 is 4.74 Å². The quantitative estimate of drug-likeness (QED) is 0.360. The molecule has 1 heterocycles. The molecular weight excluding hydrogens is 330 g/mol. The van der Waals surface area contributed by atoms with Gasteiger partial charge in [-0.1, -0.05) is 25.7 Å². The number of esters is 1. The molecule has 0 aliphatic carbocycles. The zero-order valence-electron chi connectivity index (χ0n) is 14.9. The highest BCUT2D eigenvalue weighted by Crippen LogP contribution is 2.32. The van der Waals surface area contributed by atoms with Crippen LogP contribution in [0.4, 0.5) is 0 Å². The molecule has 1 aliphatic rings. The molecule has 2 atom stereocenters. The fourth-order valence-corrected chi connectivity index (χ4v) is 7.92. The first kappa shape index (κ1) is 20.4. The smallest absolute Gasteiger partial charge is 0.307 e. The molecule has 0 aromatic rings. The van der Waals surface area contributed by atoms with Crippen LogP contribution in [-0.2, 0) is 19.6 Å². The topological polar surface area (TPSA) is 63.7 Å². The van der Waals surface area contributed by atoms with Gasteiger partial charge in [-0.25, -0.2) is 8.42 Å². The summed E-state index contributed by atoms with van der Waals surface area (Å²) >= 11 is 0. The van der Waals surface area contributed by atoms with Crippen molar-refractivity contribution in [2.24, 2.45) is 0 Å². The SMILES string of the molecule is C=CC[C@@H]1CC[C@@H](CC(=O)OCC)N1S(=O)(=O)CC[Si](C)(C)C. The van der Waals surface area contributed by atoms with Crippen molar-refractivity contribution < 1.29 is 17.9 Å². The number of carbonyl (C=O) groups excluding carboxylic acids is 1. The van der Waals surface area contributed by atoms with E-state index in [9.17, 15) is 13.2 Å². The van der Waals surface area contributed by atoms with Gasteiger partial charge >= 0.3 is 5.97 Å². The van der Waals surface area contributed by atoms with E-state index in [0.29, 0.717) is 19.4 Å². The zero-order chi connectivity index (χ0) is 17.7. The van der Waals surface area contributed by atoms with E-state index in [0.717, 1.165) is 12.5 Å². The van der Waals surface area contributed by atoms with Gasteiger partial charge in [0.2, 0.25) is 10.0 Å². The lowest BCUT2D eigenvalue weighted by Gasteiger charge is -2.29. The summed E-state index contributed by atoms with van der Waals surface area (Å²) in [5.74, 6) is -0.141. The molecule has 0 N–H and O–H groups in total. The van der Waals surface area contributed by atoms with Crippen molar-refractivity contribution >= 4 is 24.1 Å². The van der Waals surface area contributed by atoms with Crippen LogP contribution in [0.25, 0.3) is 0 Å². The minimum atomic E-state index is -3.36. The van der Waals surface area contributed by atoms with Crippen molar-refractivity contribution in [1.82, 2.24) is 4.31 Å². The van der Waals surface area contributed by atoms with Crippen molar-refractivity contribution in [3.8, 4) is 0 Å². The highest BCUT2D eigenvalue weighted by molar-refractivity contribution is 7.89. The summed E-state index contributed by atoms with van der Waals surface area (Å²) in [6, 6.07) is 0.392. The van der Waals surface area contributed by atoms with Crippen molar-refractivity contribution in [3.05, 3.63) is 12.7 Å². The fourth-order valence-electron chi connectivity index (χ4n) is 2.95. The van der Waals surface area contributed by atoms with Crippen molar-refractivity contribution in [3.63, 3.8) is 0 Å². The Kier molecular flexibility index (Phi) is 7.48. The van der Waals surface area contributed by atoms with E-state index in [1.54, 1.807) is 17.3 Å². The lowest BCUT2D eigenvalue weighted by Crippen LogP contribution is -2.44. The minimum Gasteiger partial charge on any atom is -0.466 e. The first-order chi connectivity index (χ1) is 10.6. The summed E-state index contributed by atoms with van der Waals surface area (Å²) < 4.78 is 32.3. The number of hydrogen-bond donors (Lipinski definition) is 0. The second-order valence-corrected chi connectivity index (χ2v) is 15.0. The van der Waals surface area contributed by atoms with Crippen molar-refractivity contribution in [1.29, 1.82) is 0 Å². The Morgan fingerprint density at radius 3 is 2.43 bits per heavy atom. The maximum absolute atomic E-state index is 12.9. The van der Waals surface area contributed by atoms with Crippen LogP contribution in [0.1, 0.15) is 32.6 Å². The number of hydrogen-bond acceptors (Lipinski definition) is 4. The van der Waals surface area contributed by atoms with Crippen LogP contribution in [0.15, 0.2) is 12.7 Å². The largest absolute Gasteiger partial charge is 0.466 e. The van der Waals surface area contributed by atoms with E-state index in [2.05, 4.69) is 26.2 Å². The second kappa shape index (κ2) is 8.44. The highest BCUT2D eigenvalue weighted by atomic mass is 32.2. The summed E-state index contributed by atoms with van der Waals surface area (Å²) in [5, 5.41) is 0. The zero-order valence-corrected chi connectivity index (χ0v) is 16.7. The van der Waals surface area contributed by atoms with Crippen LogP contribution >= 0.6 is 0 Å². The second-order valence-electron chi connectivity index (χ2n) is 7.38. The predicted molar refractivity (Wildman–Crippen MR) is 96.7 cm³/mol. The van der Waals surface area contributed by atoms with Gasteiger partial charge in [0, 0.05) is 20.2 Å². The van der Waals surface area contributed by atoms with Gasteiger partial charge in [0.25, 0.3) is 0 Å². The van der Waals surface area contributed by atoms with Crippen LogP contribution in [0.5, 0.6) is 0 Å². The Balaban J connectivity index is 2.91. The van der Waals surface area contributed by atoms with Gasteiger partial charge in [-0.3, -0.25) is 4.79 Å². The van der Waals surface area contributed by atoms with Crippen LogP contribution in [0, 0.1) is 0 Å². The van der Waals surface area contributed by atoms with E-state index in [4.69, 9.17) is 4.74 Å². The molecule has 1 rings (SSSR count). The minimum absolute atomic E-state index is 0.0708. The molecule has 0 unspecified atom stereocenters. The monoisotopic (exact) mass is 361 g/mol. The Labute approximate surface area is 142 Å². The lowest BCUT2D eigenvalue weighted by atomic mass is 10.1. The van der Waals surface area contributed by atoms with E-state index >= 15 is 0 Å². The van der Waals surface area contributed by atoms with Gasteiger partial charge in [0.1, 0.15) is 0 Å². The molecule has 1 aliphatic heterocycles. The molecule has 0 bridgehead atoms. The van der Waals surface area contributed by atoms with Crippen LogP contribution in [0.2, 0.25) is 25.7 Å². The standard InChI is InChI=1S/C16H31NO4SSi/c1-6-8-14-9-10-15(13-16(18)21-7-2)17(14)22(19,20)11-12-23(3,4)5/h6,14-15H,1,7-13H2,2-5H3/t14-,15+/m1/s1. The number of ether oxygens (including phenoxy) is 1. The van der Waals surface area contributed by atoms with Gasteiger partial charge in [-0.05, 0) is 32.2 Å². The van der Waals surface area contributed by atoms with E-state index < -0.39 is 18.1 Å². The Hall–Kier alpha value is -0.663. The van der Waals surface area contributed by atoms with Crippen LogP contribution in [0.3, 0.4) is 0 Å². The number of nitrogens with zero attached hydrogens (tertiary/aromatic N) is 1. The molecule has 0 saturated carbocycles. The third-order valence-electron chi connectivity index (χ3n) is 4.13. The average Bonchev–Trinajstić information content (AvgIpc) is 2.80. The molecule has 0 amide bonds. The molecular formula is C16H31NO4SSi. The molecule has 7 heteroatoms. The summed E-state index contributed by atoms with van der Waals surface area (Å²) in [7, 11) is -4.80. The van der Waals surface area contributed by atoms with Crippen LogP contribution in [-0.4, -0.2) is 51.2 Å². The average molecular weight is 362 g/mol. The number of sulfonamides is 1. The maximum atomic E-state index is 12.9. The summed E-state index contributed by atoms with van der Waals surface area (Å²) in [6.45, 7) is 12.3. The first-order valence-electron chi connectivity index (χ1n) is 8.38. The number of rotatable bonds is 9. The lowest BCUT2D eigenvalue weighted by molar-refractivity contribution is -0.144. The number of carbonyl (C=O) groups is 1. The molecule has 0 aromatic carbocycles. The highest BCUT2D eigenvalue weighted by Gasteiger charge is 2.41. The summed E-state index contributed by atoms with van der Waals surface area (Å²) in [4.78, 5) is 11.8. The van der Waals surface area contributed by atoms with E-state index in [1.807, 2.05) is 0 Å². The Morgan fingerprint density at radius 2 is 1.91 bits per heavy atom. The van der Waals surface area contributed by atoms with Gasteiger partial charge in [0.15, 0.2) is 0 Å². The van der Waals surface area contributed by atoms with Gasteiger partial charge in [0.05, 0.1) is 18.8 Å². The molecule has 23 heavy (non-hydrogen) atoms. The molecule has 0 spiro atoms. The molecule has 5 nitrogen and oxygen atoms in total. The van der Waals surface area contributed by atoms with Gasteiger partial charge in [-0.2, -0.15) is 4.31 Å². The predicted octanol–water partition coefficient (Wildman–Crippen LogP) is 3.02. The maximum Gasteiger partial charge on any atom is 0.307 e. The molecule has 0 aromatic heterocycles. The van der Waals surface area contributed by atoms with E-state index in [-0.39, 0.29) is 30.2 Å². The molecule has 134 valence electrons. The molecule has 0 radical (unpaired) electrons. The van der Waals surface area contributed by atoms with Crippen LogP contribution < -0.4 is 0 Å². The molecule has 1 fully saturated rings. The Morgan fingerprint density at radius 1 is 1.30 bits per heavy atom. The van der Waals surface area contributed by atoms with Crippen molar-refractivity contribution in [2.75, 3.05) is 12.4 Å². The fraction of sp³-hybridized carbons (Fsp3) is 0.812. The molecule has 1 saturated heterocycles. The normalized spacial score (nSPS) is 23.0. The third kappa shape index (κ3) is 6.39. The third-order valence-corrected chi connectivity index (χ3v) is 8.20. The van der Waals surface area contributed by atoms with E-state index in [1.165, 1.54) is 0 Å². The summed E-state index contributed by atoms with van der Waals surface area (Å²) in [5.41, 5.74) is 0.